The van der Waals surface area contributed by atoms with Crippen LogP contribution in [-0.2, 0) is 4.79 Å². The molecule has 0 amide bonds. The van der Waals surface area contributed by atoms with Crippen LogP contribution in [-0.4, -0.2) is 11.0 Å². The first-order valence-corrected chi connectivity index (χ1v) is 4.92. The Morgan fingerprint density at radius 2 is 2.36 bits per heavy atom. The van der Waals surface area contributed by atoms with E-state index in [-0.39, 0.29) is 5.97 Å². The minimum absolute atomic E-state index is 0.248. The van der Waals surface area contributed by atoms with Crippen molar-refractivity contribution in [3.8, 4) is 5.88 Å². The van der Waals surface area contributed by atoms with E-state index in [2.05, 4.69) is 4.98 Å². The van der Waals surface area contributed by atoms with Gasteiger partial charge in [0, 0.05) is 18.7 Å². The summed E-state index contributed by atoms with van der Waals surface area (Å²) >= 11 is 5.63. The second kappa shape index (κ2) is 5.60. The fraction of sp³-hybridized carbons (Fsp3) is 0.400. The molecule has 0 aliphatic carbocycles. The van der Waals surface area contributed by atoms with Crippen molar-refractivity contribution >= 4 is 17.6 Å². The Morgan fingerprint density at radius 1 is 1.57 bits per heavy atom. The van der Waals surface area contributed by atoms with E-state index in [0.29, 0.717) is 17.3 Å². The Bertz CT molecular complexity index is 297. The molecule has 0 unspecified atom stereocenters. The van der Waals surface area contributed by atoms with Crippen molar-refractivity contribution in [1.82, 2.24) is 4.98 Å². The number of esters is 1. The van der Waals surface area contributed by atoms with Gasteiger partial charge >= 0.3 is 5.97 Å². The third kappa shape index (κ3) is 3.75. The molecule has 0 N–H and O–H groups in total. The first-order valence-electron chi connectivity index (χ1n) is 4.54. The van der Waals surface area contributed by atoms with Crippen LogP contribution in [0.25, 0.3) is 0 Å². The summed E-state index contributed by atoms with van der Waals surface area (Å²) in [5.74, 6) is 0.0529. The third-order valence-corrected chi connectivity index (χ3v) is 1.88. The van der Waals surface area contributed by atoms with Crippen LogP contribution in [0.4, 0.5) is 0 Å². The van der Waals surface area contributed by atoms with E-state index in [4.69, 9.17) is 16.3 Å². The molecule has 0 saturated heterocycles. The van der Waals surface area contributed by atoms with Crippen molar-refractivity contribution < 1.29 is 9.53 Å². The highest BCUT2D eigenvalue weighted by molar-refractivity contribution is 6.30. The SMILES string of the molecule is CCCCC(=O)Oc1ccc(Cl)cn1. The molecule has 0 aliphatic rings. The van der Waals surface area contributed by atoms with Crippen molar-refractivity contribution in [1.29, 1.82) is 0 Å². The molecule has 0 fully saturated rings. The molecule has 1 rings (SSSR count). The number of unbranched alkanes of at least 4 members (excludes halogenated alkanes) is 1. The van der Waals surface area contributed by atoms with E-state index >= 15 is 0 Å². The van der Waals surface area contributed by atoms with E-state index in [1.807, 2.05) is 6.92 Å². The van der Waals surface area contributed by atoms with Gasteiger partial charge in [-0.15, -0.1) is 0 Å². The van der Waals surface area contributed by atoms with Gasteiger partial charge in [0.05, 0.1) is 5.02 Å². The molecule has 0 bridgehead atoms. The van der Waals surface area contributed by atoms with Gasteiger partial charge < -0.3 is 4.74 Å². The smallest absolute Gasteiger partial charge is 0.312 e. The third-order valence-electron chi connectivity index (χ3n) is 1.65. The summed E-state index contributed by atoms with van der Waals surface area (Å²) in [6.07, 6.45) is 3.69. The van der Waals surface area contributed by atoms with Crippen LogP contribution in [0.2, 0.25) is 5.02 Å². The van der Waals surface area contributed by atoms with Crippen LogP contribution in [0.3, 0.4) is 0 Å². The number of hydrogen-bond donors (Lipinski definition) is 0. The highest BCUT2D eigenvalue weighted by atomic mass is 35.5. The lowest BCUT2D eigenvalue weighted by Gasteiger charge is -2.01. The summed E-state index contributed by atoms with van der Waals surface area (Å²) in [7, 11) is 0. The minimum Gasteiger partial charge on any atom is -0.407 e. The number of hydrogen-bond acceptors (Lipinski definition) is 3. The van der Waals surface area contributed by atoms with Crippen LogP contribution in [0.15, 0.2) is 18.3 Å². The summed E-state index contributed by atoms with van der Waals surface area (Å²) in [6, 6.07) is 3.21. The number of rotatable bonds is 4. The van der Waals surface area contributed by atoms with Crippen molar-refractivity contribution in [2.75, 3.05) is 0 Å². The normalized spacial score (nSPS) is 9.86. The zero-order valence-electron chi connectivity index (χ0n) is 8.00. The second-order valence-corrected chi connectivity index (χ2v) is 3.33. The first kappa shape index (κ1) is 11.0. The number of pyridine rings is 1. The molecule has 0 atom stereocenters. The van der Waals surface area contributed by atoms with Gasteiger partial charge in [0.1, 0.15) is 0 Å². The molecular weight excluding hydrogens is 202 g/mol. The molecule has 14 heavy (non-hydrogen) atoms. The Kier molecular flexibility index (Phi) is 4.40. The topological polar surface area (TPSA) is 39.2 Å². The molecule has 0 radical (unpaired) electrons. The van der Waals surface area contributed by atoms with Gasteiger partial charge in [-0.2, -0.15) is 0 Å². The van der Waals surface area contributed by atoms with Crippen molar-refractivity contribution in [3.63, 3.8) is 0 Å². The summed E-state index contributed by atoms with van der Waals surface area (Å²) in [6.45, 7) is 2.02. The molecule has 0 aliphatic heterocycles. The molecule has 0 saturated carbocycles. The van der Waals surface area contributed by atoms with E-state index in [1.165, 1.54) is 6.20 Å². The van der Waals surface area contributed by atoms with Crippen molar-refractivity contribution in [3.05, 3.63) is 23.4 Å². The quantitative estimate of drug-likeness (QED) is 0.722. The fourth-order valence-corrected chi connectivity index (χ4v) is 1.02. The van der Waals surface area contributed by atoms with Crippen LogP contribution in [0.1, 0.15) is 26.2 Å². The highest BCUT2D eigenvalue weighted by Gasteiger charge is 2.04. The summed E-state index contributed by atoms with van der Waals surface area (Å²) in [4.78, 5) is 15.0. The average Bonchev–Trinajstić information content (AvgIpc) is 2.18. The maximum Gasteiger partial charge on any atom is 0.312 e. The maximum atomic E-state index is 11.2. The predicted octanol–water partition coefficient (Wildman–Crippen LogP) is 2.83. The van der Waals surface area contributed by atoms with Crippen LogP contribution in [0.5, 0.6) is 5.88 Å². The zero-order chi connectivity index (χ0) is 10.4. The number of nitrogens with zero attached hydrogens (tertiary/aromatic N) is 1. The van der Waals surface area contributed by atoms with Gasteiger partial charge in [0.25, 0.3) is 0 Å². The summed E-state index contributed by atoms with van der Waals surface area (Å²) < 4.78 is 4.96. The molecular formula is C10H12ClNO2. The molecule has 1 aromatic rings. The molecule has 4 heteroatoms. The molecule has 1 aromatic heterocycles. The van der Waals surface area contributed by atoms with Gasteiger partial charge in [-0.25, -0.2) is 4.98 Å². The van der Waals surface area contributed by atoms with Crippen LogP contribution >= 0.6 is 11.6 Å². The number of carbonyl (C=O) groups excluding carboxylic acids is 1. The van der Waals surface area contributed by atoms with Gasteiger partial charge in [0.15, 0.2) is 0 Å². The second-order valence-electron chi connectivity index (χ2n) is 2.89. The minimum atomic E-state index is -0.248. The van der Waals surface area contributed by atoms with Crippen LogP contribution < -0.4 is 4.74 Å². The lowest BCUT2D eigenvalue weighted by molar-refractivity contribution is -0.134. The van der Waals surface area contributed by atoms with Gasteiger partial charge in [0.2, 0.25) is 5.88 Å². The van der Waals surface area contributed by atoms with E-state index in [0.717, 1.165) is 12.8 Å². The summed E-state index contributed by atoms with van der Waals surface area (Å²) in [5.41, 5.74) is 0. The molecule has 76 valence electrons. The average molecular weight is 214 g/mol. The van der Waals surface area contributed by atoms with Gasteiger partial charge in [-0.3, -0.25) is 4.79 Å². The maximum absolute atomic E-state index is 11.2. The Labute approximate surface area is 88.1 Å². The highest BCUT2D eigenvalue weighted by Crippen LogP contribution is 2.12. The lowest BCUT2D eigenvalue weighted by Crippen LogP contribution is -2.08. The van der Waals surface area contributed by atoms with Crippen molar-refractivity contribution in [2.24, 2.45) is 0 Å². The number of ether oxygens (including phenoxy) is 1. The molecule has 3 nitrogen and oxygen atoms in total. The number of halogens is 1. The molecule has 0 aromatic carbocycles. The first-order chi connectivity index (χ1) is 6.72. The standard InChI is InChI=1S/C10H12ClNO2/c1-2-3-4-10(13)14-9-6-5-8(11)7-12-9/h5-7H,2-4H2,1H3. The summed E-state index contributed by atoms with van der Waals surface area (Å²) in [5, 5.41) is 0.526. The lowest BCUT2D eigenvalue weighted by atomic mass is 10.2. The van der Waals surface area contributed by atoms with Gasteiger partial charge in [-0.1, -0.05) is 24.9 Å². The Balaban J connectivity index is 2.44. The zero-order valence-corrected chi connectivity index (χ0v) is 8.75. The van der Waals surface area contributed by atoms with Crippen molar-refractivity contribution in [2.45, 2.75) is 26.2 Å². The molecule has 0 spiro atoms. The van der Waals surface area contributed by atoms with E-state index in [9.17, 15) is 4.79 Å². The number of carbonyl (C=O) groups is 1. The largest absolute Gasteiger partial charge is 0.407 e. The van der Waals surface area contributed by atoms with E-state index in [1.54, 1.807) is 12.1 Å². The van der Waals surface area contributed by atoms with Gasteiger partial charge in [-0.05, 0) is 12.5 Å². The monoisotopic (exact) mass is 213 g/mol. The number of aromatic nitrogens is 1. The Morgan fingerprint density at radius 3 is 2.93 bits per heavy atom. The molecule has 1 heterocycles. The predicted molar refractivity (Wildman–Crippen MR) is 54.4 cm³/mol. The van der Waals surface area contributed by atoms with Crippen LogP contribution in [0, 0.1) is 0 Å². The fourth-order valence-electron chi connectivity index (χ4n) is 0.911. The van der Waals surface area contributed by atoms with E-state index < -0.39 is 0 Å². The Hall–Kier alpha value is -1.09.